The van der Waals surface area contributed by atoms with Crippen LogP contribution in [0.5, 0.6) is 5.75 Å². The predicted molar refractivity (Wildman–Crippen MR) is 105 cm³/mol. The quantitative estimate of drug-likeness (QED) is 0.752. The van der Waals surface area contributed by atoms with E-state index in [1.807, 2.05) is 30.3 Å². The highest BCUT2D eigenvalue weighted by atomic mass is 16.5. The first-order valence-corrected chi connectivity index (χ1v) is 9.23. The van der Waals surface area contributed by atoms with Gasteiger partial charge in [0.05, 0.1) is 13.7 Å². The molecule has 2 heterocycles. The number of nitrogens with one attached hydrogen (secondary N) is 1. The number of rotatable bonds is 5. The summed E-state index contributed by atoms with van der Waals surface area (Å²) < 4.78 is 11.2. The Kier molecular flexibility index (Phi) is 4.86. The van der Waals surface area contributed by atoms with Crippen molar-refractivity contribution in [3.8, 4) is 5.75 Å². The van der Waals surface area contributed by atoms with Gasteiger partial charge in [0, 0.05) is 37.4 Å². The molecule has 5 heteroatoms. The molecule has 140 valence electrons. The molecular formula is C22H24N2O3. The molecule has 1 aromatic heterocycles. The van der Waals surface area contributed by atoms with Gasteiger partial charge in [0.1, 0.15) is 17.1 Å². The fourth-order valence-electron chi connectivity index (χ4n) is 3.95. The van der Waals surface area contributed by atoms with Gasteiger partial charge >= 0.3 is 0 Å². The van der Waals surface area contributed by atoms with Crippen molar-refractivity contribution in [1.29, 1.82) is 0 Å². The molecule has 5 nitrogen and oxygen atoms in total. The third kappa shape index (κ3) is 3.83. The molecule has 1 N–H and O–H groups in total. The Bertz CT molecular complexity index is 899. The second-order valence-corrected chi connectivity index (χ2v) is 7.13. The van der Waals surface area contributed by atoms with E-state index >= 15 is 0 Å². The molecule has 27 heavy (non-hydrogen) atoms. The fraction of sp³-hybridized carbons (Fsp3) is 0.318. The van der Waals surface area contributed by atoms with Crippen molar-refractivity contribution in [1.82, 2.24) is 10.2 Å². The lowest BCUT2D eigenvalue weighted by Crippen LogP contribution is -2.38. The van der Waals surface area contributed by atoms with E-state index in [0.29, 0.717) is 0 Å². The molecule has 0 radical (unpaired) electrons. The van der Waals surface area contributed by atoms with Gasteiger partial charge in [-0.2, -0.15) is 0 Å². The maximum Gasteiger partial charge on any atom is 0.217 e. The molecule has 1 amide bonds. The van der Waals surface area contributed by atoms with Gasteiger partial charge < -0.3 is 14.5 Å². The smallest absolute Gasteiger partial charge is 0.217 e. The van der Waals surface area contributed by atoms with Crippen molar-refractivity contribution in [2.24, 2.45) is 0 Å². The van der Waals surface area contributed by atoms with Gasteiger partial charge in [-0.25, -0.2) is 0 Å². The third-order valence-corrected chi connectivity index (χ3v) is 5.18. The minimum atomic E-state index is 0.00380. The maximum atomic E-state index is 11.7. The second kappa shape index (κ2) is 7.45. The molecule has 0 bridgehead atoms. The van der Waals surface area contributed by atoms with Crippen molar-refractivity contribution in [2.75, 3.05) is 20.2 Å². The summed E-state index contributed by atoms with van der Waals surface area (Å²) in [6, 6.07) is 18.4. The largest absolute Gasteiger partial charge is 0.497 e. The van der Waals surface area contributed by atoms with Gasteiger partial charge in [0.2, 0.25) is 5.91 Å². The number of hydrogen-bond acceptors (Lipinski definition) is 4. The first-order chi connectivity index (χ1) is 13.1. The summed E-state index contributed by atoms with van der Waals surface area (Å²) in [5.41, 5.74) is 2.12. The first kappa shape index (κ1) is 17.6. The molecule has 3 aromatic rings. The number of para-hydroxylation sites is 1. The van der Waals surface area contributed by atoms with Crippen LogP contribution in [0.1, 0.15) is 24.2 Å². The molecule has 4 rings (SSSR count). The van der Waals surface area contributed by atoms with Crippen molar-refractivity contribution in [3.63, 3.8) is 0 Å². The van der Waals surface area contributed by atoms with Gasteiger partial charge in [-0.05, 0) is 29.8 Å². The number of methoxy groups -OCH3 is 1. The van der Waals surface area contributed by atoms with E-state index in [-0.39, 0.29) is 17.9 Å². The van der Waals surface area contributed by atoms with E-state index in [9.17, 15) is 4.79 Å². The van der Waals surface area contributed by atoms with Crippen molar-refractivity contribution < 1.29 is 13.9 Å². The van der Waals surface area contributed by atoms with E-state index in [1.54, 1.807) is 14.0 Å². The number of hydrogen-bond donors (Lipinski definition) is 1. The number of carbonyl (C=O) groups excluding carboxylic acids is 1. The van der Waals surface area contributed by atoms with Crippen molar-refractivity contribution >= 4 is 16.9 Å². The molecule has 1 aliphatic rings. The Morgan fingerprint density at radius 2 is 1.96 bits per heavy atom. The van der Waals surface area contributed by atoms with Crippen LogP contribution >= 0.6 is 0 Å². The number of fused-ring (bicyclic) bond motifs is 1. The number of furan rings is 1. The number of likely N-dealkylation sites (tertiary alicyclic amines) is 1. The molecule has 0 saturated carbocycles. The number of nitrogens with zero attached hydrogens (tertiary/aromatic N) is 1. The average Bonchev–Trinajstić information content (AvgIpc) is 3.24. The lowest BCUT2D eigenvalue weighted by atomic mass is 9.94. The van der Waals surface area contributed by atoms with Crippen LogP contribution in [-0.2, 0) is 11.3 Å². The Morgan fingerprint density at radius 1 is 1.19 bits per heavy atom. The van der Waals surface area contributed by atoms with Crippen molar-refractivity contribution in [2.45, 2.75) is 25.4 Å². The second-order valence-electron chi connectivity index (χ2n) is 7.13. The topological polar surface area (TPSA) is 54.7 Å². The SMILES string of the molecule is COc1ccc([C@@H]2CN(Cc3cc4ccccc4o3)C[C@H]2NC(C)=O)cc1. The molecule has 2 atom stereocenters. The predicted octanol–water partition coefficient (Wildman–Crippen LogP) is 3.55. The minimum absolute atomic E-state index is 0.00380. The summed E-state index contributed by atoms with van der Waals surface area (Å²) in [4.78, 5) is 14.0. The van der Waals surface area contributed by atoms with Crippen LogP contribution in [0.2, 0.25) is 0 Å². The highest BCUT2D eigenvalue weighted by Crippen LogP contribution is 2.31. The summed E-state index contributed by atoms with van der Waals surface area (Å²) in [7, 11) is 1.67. The summed E-state index contributed by atoms with van der Waals surface area (Å²) in [6.07, 6.45) is 0. The van der Waals surface area contributed by atoms with E-state index in [2.05, 4.69) is 34.5 Å². The van der Waals surface area contributed by atoms with E-state index in [0.717, 1.165) is 42.1 Å². The van der Waals surface area contributed by atoms with Crippen LogP contribution in [-0.4, -0.2) is 37.0 Å². The van der Waals surface area contributed by atoms with Gasteiger partial charge in [0.25, 0.3) is 0 Å². The molecule has 0 spiro atoms. The molecular weight excluding hydrogens is 340 g/mol. The van der Waals surface area contributed by atoms with Gasteiger partial charge in [-0.3, -0.25) is 9.69 Å². The van der Waals surface area contributed by atoms with E-state index in [4.69, 9.17) is 9.15 Å². The van der Waals surface area contributed by atoms with Crippen LogP contribution in [0.25, 0.3) is 11.0 Å². The van der Waals surface area contributed by atoms with Crippen LogP contribution < -0.4 is 10.1 Å². The molecule has 1 fully saturated rings. The molecule has 2 aromatic carbocycles. The molecule has 1 aliphatic heterocycles. The van der Waals surface area contributed by atoms with Gasteiger partial charge in [-0.1, -0.05) is 30.3 Å². The van der Waals surface area contributed by atoms with Crippen LogP contribution in [0.4, 0.5) is 0 Å². The summed E-state index contributed by atoms with van der Waals surface area (Å²) in [6.45, 7) is 3.98. The maximum absolute atomic E-state index is 11.7. The highest BCUT2D eigenvalue weighted by molar-refractivity contribution is 5.77. The zero-order valence-corrected chi connectivity index (χ0v) is 15.6. The number of carbonyl (C=O) groups is 1. The standard InChI is InChI=1S/C22H24N2O3/c1-15(25)23-21-14-24(12-19-11-17-5-3-4-6-22(17)27-19)13-20(21)16-7-9-18(26-2)10-8-16/h3-11,20-21H,12-14H2,1-2H3,(H,23,25)/t20-,21+/m0/s1. The zero-order chi connectivity index (χ0) is 18.8. The molecule has 0 aliphatic carbocycles. The Morgan fingerprint density at radius 3 is 2.67 bits per heavy atom. The summed E-state index contributed by atoms with van der Waals surface area (Å²) >= 11 is 0. The first-order valence-electron chi connectivity index (χ1n) is 9.23. The molecule has 1 saturated heterocycles. The minimum Gasteiger partial charge on any atom is -0.497 e. The number of benzene rings is 2. The van der Waals surface area contributed by atoms with Crippen molar-refractivity contribution in [3.05, 3.63) is 65.9 Å². The monoisotopic (exact) mass is 364 g/mol. The van der Waals surface area contributed by atoms with Gasteiger partial charge in [0.15, 0.2) is 0 Å². The zero-order valence-electron chi connectivity index (χ0n) is 15.6. The van der Waals surface area contributed by atoms with Crippen LogP contribution in [0.15, 0.2) is 59.0 Å². The summed E-state index contributed by atoms with van der Waals surface area (Å²) in [5.74, 6) is 2.04. The van der Waals surface area contributed by atoms with Gasteiger partial charge in [-0.15, -0.1) is 0 Å². The average molecular weight is 364 g/mol. The lowest BCUT2D eigenvalue weighted by Gasteiger charge is -2.19. The number of amides is 1. The summed E-state index contributed by atoms with van der Waals surface area (Å²) in [5, 5.41) is 4.24. The Balaban J connectivity index is 1.53. The van der Waals surface area contributed by atoms with Crippen LogP contribution in [0, 0.1) is 0 Å². The van der Waals surface area contributed by atoms with E-state index < -0.39 is 0 Å². The molecule has 0 unspecified atom stereocenters. The third-order valence-electron chi connectivity index (χ3n) is 5.18. The van der Waals surface area contributed by atoms with Crippen LogP contribution in [0.3, 0.4) is 0 Å². The highest BCUT2D eigenvalue weighted by Gasteiger charge is 2.34. The van der Waals surface area contributed by atoms with E-state index in [1.165, 1.54) is 5.56 Å². The fourth-order valence-corrected chi connectivity index (χ4v) is 3.95. The Labute approximate surface area is 158 Å². The number of ether oxygens (including phenoxy) is 1. The Hall–Kier alpha value is -2.79. The normalized spacial score (nSPS) is 20.1. The lowest BCUT2D eigenvalue weighted by molar-refractivity contribution is -0.119.